The second kappa shape index (κ2) is 4.22. The second-order valence-corrected chi connectivity index (χ2v) is 5.28. The molecule has 0 bridgehead atoms. The zero-order valence-corrected chi connectivity index (χ0v) is 10.2. The Morgan fingerprint density at radius 1 is 1.18 bits per heavy atom. The number of benzene rings is 1. The maximum Gasteiger partial charge on any atom is 0.191 e. The number of hydrogen-bond acceptors (Lipinski definition) is 3. The summed E-state index contributed by atoms with van der Waals surface area (Å²) in [6.07, 6.45) is 5.71. The van der Waals surface area contributed by atoms with Crippen molar-refractivity contribution in [2.75, 3.05) is 0 Å². The number of ether oxygens (including phenoxy) is 1. The first-order chi connectivity index (χ1) is 8.27. The molecule has 1 aliphatic carbocycles. The van der Waals surface area contributed by atoms with Crippen LogP contribution in [0.25, 0.3) is 0 Å². The van der Waals surface area contributed by atoms with Crippen molar-refractivity contribution in [3.63, 3.8) is 0 Å². The summed E-state index contributed by atoms with van der Waals surface area (Å²) >= 11 is 0. The third kappa shape index (κ3) is 2.12. The molecule has 2 unspecified atom stereocenters. The van der Waals surface area contributed by atoms with Gasteiger partial charge in [0.2, 0.25) is 0 Å². The molecule has 0 radical (unpaired) electrons. The van der Waals surface area contributed by atoms with Crippen molar-refractivity contribution in [2.45, 2.75) is 44.8 Å². The van der Waals surface area contributed by atoms with Crippen LogP contribution in [0.1, 0.15) is 39.0 Å². The summed E-state index contributed by atoms with van der Waals surface area (Å²) in [4.78, 5) is 5.63. The van der Waals surface area contributed by atoms with Crippen LogP contribution in [-0.2, 0) is 0 Å². The molecule has 3 heteroatoms. The highest BCUT2D eigenvalue weighted by Gasteiger charge is 2.38. The lowest BCUT2D eigenvalue weighted by Crippen LogP contribution is -2.54. The van der Waals surface area contributed by atoms with E-state index in [1.807, 2.05) is 24.3 Å². The molecule has 1 heterocycles. The first-order valence-corrected chi connectivity index (χ1v) is 6.49. The average Bonchev–Trinajstić information content (AvgIpc) is 2.53. The Morgan fingerprint density at radius 3 is 2.88 bits per heavy atom. The predicted molar refractivity (Wildman–Crippen MR) is 65.8 cm³/mol. The normalized spacial score (nSPS) is 32.2. The molecular formula is C14H19NO2. The van der Waals surface area contributed by atoms with Gasteiger partial charge in [0.1, 0.15) is 0 Å². The van der Waals surface area contributed by atoms with E-state index >= 15 is 0 Å². The van der Waals surface area contributed by atoms with Crippen molar-refractivity contribution >= 4 is 0 Å². The number of hydrogen-bond donors (Lipinski definition) is 1. The topological polar surface area (TPSA) is 30.5 Å². The molecule has 17 heavy (non-hydrogen) atoms. The maximum atomic E-state index is 6.15. The minimum absolute atomic E-state index is 0.306. The van der Waals surface area contributed by atoms with Crippen molar-refractivity contribution in [2.24, 2.45) is 5.92 Å². The van der Waals surface area contributed by atoms with Gasteiger partial charge in [-0.2, -0.15) is 0 Å². The molecule has 3 rings (SSSR count). The van der Waals surface area contributed by atoms with E-state index in [1.165, 1.54) is 19.3 Å². The van der Waals surface area contributed by atoms with Crippen LogP contribution in [0.4, 0.5) is 0 Å². The van der Waals surface area contributed by atoms with Gasteiger partial charge in [-0.05, 0) is 30.9 Å². The van der Waals surface area contributed by atoms with E-state index in [0.29, 0.717) is 0 Å². The molecule has 1 N–H and O–H groups in total. The van der Waals surface area contributed by atoms with E-state index < -0.39 is 0 Å². The van der Waals surface area contributed by atoms with Gasteiger partial charge in [-0.1, -0.05) is 25.5 Å². The molecule has 92 valence electrons. The van der Waals surface area contributed by atoms with Gasteiger partial charge < -0.3 is 9.57 Å². The van der Waals surface area contributed by atoms with Gasteiger partial charge in [0, 0.05) is 12.8 Å². The maximum absolute atomic E-state index is 6.15. The monoisotopic (exact) mass is 233 g/mol. The van der Waals surface area contributed by atoms with E-state index in [-0.39, 0.29) is 5.72 Å². The van der Waals surface area contributed by atoms with Gasteiger partial charge in [-0.25, -0.2) is 0 Å². The predicted octanol–water partition coefficient (Wildman–Crippen LogP) is 3.26. The summed E-state index contributed by atoms with van der Waals surface area (Å²) in [7, 11) is 0. The highest BCUT2D eigenvalue weighted by molar-refractivity contribution is 5.40. The molecule has 2 aliphatic rings. The lowest BCUT2D eigenvalue weighted by Gasteiger charge is -2.38. The van der Waals surface area contributed by atoms with Crippen LogP contribution < -0.4 is 15.1 Å². The highest BCUT2D eigenvalue weighted by Crippen LogP contribution is 2.39. The van der Waals surface area contributed by atoms with Crippen molar-refractivity contribution in [3.05, 3.63) is 24.3 Å². The number of nitrogens with one attached hydrogen (secondary N) is 1. The van der Waals surface area contributed by atoms with Crippen molar-refractivity contribution in [1.29, 1.82) is 0 Å². The highest BCUT2D eigenvalue weighted by atomic mass is 16.7. The second-order valence-electron chi connectivity index (χ2n) is 5.28. The number of para-hydroxylation sites is 2. The van der Waals surface area contributed by atoms with Crippen LogP contribution in [-0.4, -0.2) is 5.72 Å². The summed E-state index contributed by atoms with van der Waals surface area (Å²) in [5, 5.41) is 0. The molecule has 0 saturated heterocycles. The van der Waals surface area contributed by atoms with E-state index in [0.717, 1.165) is 30.3 Å². The molecule has 3 nitrogen and oxygen atoms in total. The quantitative estimate of drug-likeness (QED) is 0.746. The molecule has 1 aliphatic heterocycles. The summed E-state index contributed by atoms with van der Waals surface area (Å²) in [5.41, 5.74) is 2.82. The standard InChI is InChI=1S/C14H19NO2/c1-11-5-4-9-14(10-8-11)15-17-13-7-3-2-6-12(13)16-14/h2-3,6-7,11,15H,4-5,8-10H2,1H3. The van der Waals surface area contributed by atoms with Crippen molar-refractivity contribution in [1.82, 2.24) is 5.48 Å². The zero-order valence-electron chi connectivity index (χ0n) is 10.2. The van der Waals surface area contributed by atoms with Gasteiger partial charge in [-0.3, -0.25) is 0 Å². The lowest BCUT2D eigenvalue weighted by atomic mass is 10.0. The fourth-order valence-electron chi connectivity index (χ4n) is 2.69. The molecule has 0 aromatic heterocycles. The lowest BCUT2D eigenvalue weighted by molar-refractivity contribution is -0.0942. The van der Waals surface area contributed by atoms with Crippen molar-refractivity contribution < 1.29 is 9.57 Å². The first-order valence-electron chi connectivity index (χ1n) is 6.49. The van der Waals surface area contributed by atoms with E-state index in [1.54, 1.807) is 0 Å². The summed E-state index contributed by atoms with van der Waals surface area (Å²) in [6, 6.07) is 7.85. The van der Waals surface area contributed by atoms with Gasteiger partial charge in [0.15, 0.2) is 17.2 Å². The molecule has 2 atom stereocenters. The SMILES string of the molecule is CC1CCCC2(CC1)NOc1ccccc1O2. The molecule has 1 aromatic rings. The Kier molecular flexibility index (Phi) is 2.71. The third-order valence-electron chi connectivity index (χ3n) is 3.82. The molecule has 0 amide bonds. The van der Waals surface area contributed by atoms with Crippen LogP contribution in [0.5, 0.6) is 11.5 Å². The average molecular weight is 233 g/mol. The Balaban J connectivity index is 1.82. The first kappa shape index (κ1) is 10.9. The van der Waals surface area contributed by atoms with Crippen LogP contribution in [0.15, 0.2) is 24.3 Å². The molecule has 1 saturated carbocycles. The van der Waals surface area contributed by atoms with Crippen LogP contribution in [0, 0.1) is 5.92 Å². The summed E-state index contributed by atoms with van der Waals surface area (Å²) in [6.45, 7) is 2.32. The molecule has 1 fully saturated rings. The van der Waals surface area contributed by atoms with Gasteiger partial charge in [0.25, 0.3) is 0 Å². The van der Waals surface area contributed by atoms with E-state index in [4.69, 9.17) is 9.57 Å². The number of fused-ring (bicyclic) bond motifs is 1. The van der Waals surface area contributed by atoms with E-state index in [2.05, 4.69) is 12.4 Å². The molecule has 1 aromatic carbocycles. The Labute approximate surface area is 102 Å². The van der Waals surface area contributed by atoms with Gasteiger partial charge >= 0.3 is 0 Å². The van der Waals surface area contributed by atoms with Gasteiger partial charge in [-0.15, -0.1) is 5.48 Å². The van der Waals surface area contributed by atoms with Crippen LogP contribution in [0.2, 0.25) is 0 Å². The van der Waals surface area contributed by atoms with E-state index in [9.17, 15) is 0 Å². The zero-order chi connectivity index (χ0) is 11.7. The van der Waals surface area contributed by atoms with Crippen molar-refractivity contribution in [3.8, 4) is 11.5 Å². The summed E-state index contributed by atoms with van der Waals surface area (Å²) in [5.74, 6) is 2.44. The number of rotatable bonds is 0. The Hall–Kier alpha value is -1.22. The summed E-state index contributed by atoms with van der Waals surface area (Å²) < 4.78 is 6.15. The number of hydroxylamine groups is 1. The Bertz CT molecular complexity index is 407. The minimum Gasteiger partial charge on any atom is -0.466 e. The Morgan fingerprint density at radius 2 is 2.00 bits per heavy atom. The van der Waals surface area contributed by atoms with Crippen LogP contribution >= 0.6 is 0 Å². The minimum atomic E-state index is -0.306. The van der Waals surface area contributed by atoms with Gasteiger partial charge in [0.05, 0.1) is 0 Å². The smallest absolute Gasteiger partial charge is 0.191 e. The van der Waals surface area contributed by atoms with Crippen LogP contribution in [0.3, 0.4) is 0 Å². The molecule has 1 spiro atoms. The molecular weight excluding hydrogens is 214 g/mol. The fourth-order valence-corrected chi connectivity index (χ4v) is 2.69. The fraction of sp³-hybridized carbons (Fsp3) is 0.571. The third-order valence-corrected chi connectivity index (χ3v) is 3.82. The largest absolute Gasteiger partial charge is 0.466 e.